The van der Waals surface area contributed by atoms with E-state index < -0.39 is 0 Å². The maximum Gasteiger partial charge on any atom is 0.226 e. The first-order chi connectivity index (χ1) is 13.8. The Morgan fingerprint density at radius 1 is 1.31 bits per heavy atom. The average Bonchev–Trinajstić information content (AvgIpc) is 3.09. The van der Waals surface area contributed by atoms with Crippen molar-refractivity contribution in [2.24, 2.45) is 0 Å². The van der Waals surface area contributed by atoms with Gasteiger partial charge in [-0.3, -0.25) is 14.6 Å². The smallest absolute Gasteiger partial charge is 0.226 e. The number of fused-ring (bicyclic) bond motifs is 1. The van der Waals surface area contributed by atoms with Gasteiger partial charge in [-0.2, -0.15) is 0 Å². The molecule has 8 heteroatoms. The topological polar surface area (TPSA) is 95.4 Å². The number of aliphatic hydroxyl groups excluding tert-OH is 1. The minimum Gasteiger partial charge on any atom is -0.507 e. The number of nitrogens with zero attached hydrogens (tertiary/aromatic N) is 3. The Morgan fingerprint density at radius 2 is 2.10 bits per heavy atom. The number of hydrogen-bond donors (Lipinski definition) is 2. The molecule has 0 radical (unpaired) electrons. The molecule has 0 aliphatic heterocycles. The lowest BCUT2D eigenvalue weighted by atomic mass is 9.93. The van der Waals surface area contributed by atoms with Crippen LogP contribution in [0.15, 0.2) is 23.9 Å². The van der Waals surface area contributed by atoms with Crippen LogP contribution in [0.1, 0.15) is 44.5 Å². The highest BCUT2D eigenvalue weighted by molar-refractivity contribution is 7.14. The Labute approximate surface area is 174 Å². The number of carbonyl (C=O) groups is 2. The molecule has 2 aromatic heterocycles. The Bertz CT molecular complexity index is 932. The van der Waals surface area contributed by atoms with Crippen LogP contribution < -0.4 is 5.32 Å². The number of amides is 1. The van der Waals surface area contributed by atoms with Crippen molar-refractivity contribution in [1.82, 2.24) is 20.2 Å². The molecular formula is C21H26N4O3S. The normalized spacial score (nSPS) is 15.4. The van der Waals surface area contributed by atoms with Crippen molar-refractivity contribution < 1.29 is 14.7 Å². The SMILES string of the molecule is Cc1ccc(/C(O)=C2\CCc3nc(CC(=O)NCCCN(C)C)sc3C2=O)cn1. The van der Waals surface area contributed by atoms with Crippen LogP contribution in [0.4, 0.5) is 0 Å². The molecule has 0 saturated heterocycles. The minimum atomic E-state index is -0.209. The third-order valence-electron chi connectivity index (χ3n) is 4.72. The number of hydrogen-bond acceptors (Lipinski definition) is 7. The van der Waals surface area contributed by atoms with Gasteiger partial charge in [-0.25, -0.2) is 4.98 Å². The Morgan fingerprint density at radius 3 is 2.79 bits per heavy atom. The van der Waals surface area contributed by atoms with E-state index in [0.29, 0.717) is 46.1 Å². The van der Waals surface area contributed by atoms with Crippen LogP contribution in [0.25, 0.3) is 5.76 Å². The molecule has 0 spiro atoms. The van der Waals surface area contributed by atoms with Crippen molar-refractivity contribution in [3.8, 4) is 0 Å². The number of carbonyl (C=O) groups excluding carboxylic acids is 2. The molecule has 0 atom stereocenters. The van der Waals surface area contributed by atoms with E-state index in [1.165, 1.54) is 11.3 Å². The Hall–Kier alpha value is -2.58. The molecule has 29 heavy (non-hydrogen) atoms. The Kier molecular flexibility index (Phi) is 6.76. The lowest BCUT2D eigenvalue weighted by molar-refractivity contribution is -0.120. The molecule has 1 aliphatic rings. The molecule has 154 valence electrons. The Balaban J connectivity index is 1.68. The van der Waals surface area contributed by atoms with Gasteiger partial charge >= 0.3 is 0 Å². The predicted molar refractivity (Wildman–Crippen MR) is 113 cm³/mol. The number of nitrogens with one attached hydrogen (secondary N) is 1. The number of aromatic nitrogens is 2. The highest BCUT2D eigenvalue weighted by atomic mass is 32.1. The van der Waals surface area contributed by atoms with Crippen LogP contribution in [0.5, 0.6) is 0 Å². The van der Waals surface area contributed by atoms with Gasteiger partial charge in [-0.1, -0.05) is 0 Å². The van der Waals surface area contributed by atoms with E-state index in [4.69, 9.17) is 0 Å². The fourth-order valence-corrected chi connectivity index (χ4v) is 4.22. The molecule has 2 N–H and O–H groups in total. The second kappa shape index (κ2) is 9.28. The van der Waals surface area contributed by atoms with Crippen LogP contribution in [0, 0.1) is 6.92 Å². The van der Waals surface area contributed by atoms with E-state index in [1.807, 2.05) is 21.0 Å². The van der Waals surface area contributed by atoms with Gasteiger partial charge < -0.3 is 15.3 Å². The van der Waals surface area contributed by atoms with Gasteiger partial charge in [-0.05, 0) is 59.0 Å². The third-order valence-corrected chi connectivity index (χ3v) is 5.82. The van der Waals surface area contributed by atoms with Gasteiger partial charge in [0.05, 0.1) is 17.0 Å². The summed E-state index contributed by atoms with van der Waals surface area (Å²) >= 11 is 1.24. The summed E-state index contributed by atoms with van der Waals surface area (Å²) in [5.41, 5.74) is 2.47. The lowest BCUT2D eigenvalue weighted by Crippen LogP contribution is -2.28. The zero-order valence-corrected chi connectivity index (χ0v) is 17.8. The van der Waals surface area contributed by atoms with Crippen LogP contribution in [0.3, 0.4) is 0 Å². The van der Waals surface area contributed by atoms with Gasteiger partial charge in [0.1, 0.15) is 10.8 Å². The first-order valence-corrected chi connectivity index (χ1v) is 10.5. The third kappa shape index (κ3) is 5.27. The molecule has 0 fully saturated rings. The minimum absolute atomic E-state index is 0.0262. The standard InChI is InChI=1S/C21H26N4O3S/c1-13-5-6-14(12-23-13)19(27)15-7-8-16-21(20(15)28)29-18(24-16)11-17(26)22-9-4-10-25(2)3/h5-6,12,27H,4,7-11H2,1-3H3,(H,22,26)/b19-15-. The predicted octanol–water partition coefficient (Wildman–Crippen LogP) is 2.56. The van der Waals surface area contributed by atoms with Gasteiger partial charge in [-0.15, -0.1) is 11.3 Å². The first-order valence-electron chi connectivity index (χ1n) is 9.65. The zero-order valence-electron chi connectivity index (χ0n) is 17.0. The van der Waals surface area contributed by atoms with Crippen LogP contribution in [-0.2, 0) is 17.6 Å². The molecule has 3 rings (SSSR count). The molecular weight excluding hydrogens is 388 g/mol. The number of allylic oxidation sites excluding steroid dienone is 1. The van der Waals surface area contributed by atoms with Gasteiger partial charge in [0.25, 0.3) is 0 Å². The first kappa shape index (κ1) is 21.1. The molecule has 0 bridgehead atoms. The number of rotatable bonds is 7. The van der Waals surface area contributed by atoms with Crippen LogP contribution >= 0.6 is 11.3 Å². The van der Waals surface area contributed by atoms with E-state index in [9.17, 15) is 14.7 Å². The number of pyridine rings is 1. The van der Waals surface area contributed by atoms with E-state index in [1.54, 1.807) is 18.3 Å². The number of aliphatic hydroxyl groups is 1. The number of ketones is 1. The lowest BCUT2D eigenvalue weighted by Gasteiger charge is -2.14. The summed E-state index contributed by atoms with van der Waals surface area (Å²) in [4.78, 5) is 36.3. The van der Waals surface area contributed by atoms with Gasteiger partial charge in [0, 0.05) is 29.6 Å². The molecule has 2 aromatic rings. The van der Waals surface area contributed by atoms with Crippen molar-refractivity contribution in [3.05, 3.63) is 50.7 Å². The van der Waals surface area contributed by atoms with Crippen LogP contribution in [-0.4, -0.2) is 58.8 Å². The van der Waals surface area contributed by atoms with E-state index >= 15 is 0 Å². The van der Waals surface area contributed by atoms with Gasteiger partial charge in [0.2, 0.25) is 11.7 Å². The number of thiazole rings is 1. The van der Waals surface area contributed by atoms with Gasteiger partial charge in [0.15, 0.2) is 0 Å². The molecule has 1 amide bonds. The van der Waals surface area contributed by atoms with Crippen molar-refractivity contribution in [2.45, 2.75) is 32.6 Å². The van der Waals surface area contributed by atoms with E-state index in [-0.39, 0.29) is 23.9 Å². The summed E-state index contributed by atoms with van der Waals surface area (Å²) in [6.07, 6.45) is 3.61. The highest BCUT2D eigenvalue weighted by Gasteiger charge is 2.29. The average molecular weight is 415 g/mol. The second-order valence-corrected chi connectivity index (χ2v) is 8.50. The summed E-state index contributed by atoms with van der Waals surface area (Å²) in [5.74, 6) is -0.326. The molecule has 0 aromatic carbocycles. The largest absolute Gasteiger partial charge is 0.507 e. The summed E-state index contributed by atoms with van der Waals surface area (Å²) in [5, 5.41) is 14.1. The van der Waals surface area contributed by atoms with Crippen LogP contribution in [0.2, 0.25) is 0 Å². The number of Topliss-reactive ketones (excluding diaryl/α,β-unsaturated/α-hetero) is 1. The molecule has 0 unspecified atom stereocenters. The van der Waals surface area contributed by atoms with E-state index in [2.05, 4.69) is 20.2 Å². The van der Waals surface area contributed by atoms with E-state index in [0.717, 1.165) is 18.7 Å². The summed E-state index contributed by atoms with van der Waals surface area (Å²) < 4.78 is 0. The second-order valence-electron chi connectivity index (χ2n) is 7.41. The zero-order chi connectivity index (χ0) is 21.0. The fourth-order valence-electron chi connectivity index (χ4n) is 3.15. The fraction of sp³-hybridized carbons (Fsp3) is 0.429. The number of aryl methyl sites for hydroxylation is 2. The summed E-state index contributed by atoms with van der Waals surface area (Å²) in [6.45, 7) is 3.39. The van der Waals surface area contributed by atoms with Crippen molar-refractivity contribution in [2.75, 3.05) is 27.2 Å². The molecule has 2 heterocycles. The summed E-state index contributed by atoms with van der Waals surface area (Å²) in [6, 6.07) is 3.55. The molecule has 1 aliphatic carbocycles. The maximum atomic E-state index is 12.9. The molecule has 7 nitrogen and oxygen atoms in total. The highest BCUT2D eigenvalue weighted by Crippen LogP contribution is 2.33. The maximum absolute atomic E-state index is 12.9. The quantitative estimate of drug-likeness (QED) is 0.411. The summed E-state index contributed by atoms with van der Waals surface area (Å²) in [7, 11) is 3.99. The van der Waals surface area contributed by atoms with Crippen molar-refractivity contribution >= 4 is 28.8 Å². The monoisotopic (exact) mass is 414 g/mol. The van der Waals surface area contributed by atoms with Crippen molar-refractivity contribution in [3.63, 3.8) is 0 Å². The van der Waals surface area contributed by atoms with Crippen molar-refractivity contribution in [1.29, 1.82) is 0 Å². The molecule has 0 saturated carbocycles.